The Kier molecular flexibility index (Phi) is 9.41. The van der Waals surface area contributed by atoms with Crippen molar-refractivity contribution in [1.82, 2.24) is 20.4 Å². The van der Waals surface area contributed by atoms with Crippen molar-refractivity contribution in [3.05, 3.63) is 29.8 Å². The predicted molar refractivity (Wildman–Crippen MR) is 112 cm³/mol. The molecule has 27 heavy (non-hydrogen) atoms. The average molecular weight is 413 g/mol. The highest BCUT2D eigenvalue weighted by molar-refractivity contribution is 8.00. The monoisotopic (exact) mass is 412 g/mol. The molecule has 1 aromatic rings. The Labute approximate surface area is 171 Å². The third-order valence-electron chi connectivity index (χ3n) is 4.86. The summed E-state index contributed by atoms with van der Waals surface area (Å²) in [6.07, 6.45) is 2.20. The van der Waals surface area contributed by atoms with Gasteiger partial charge in [-0.3, -0.25) is 14.5 Å². The average Bonchev–Trinajstić information content (AvgIpc) is 3.22. The molecule has 2 N–H and O–H groups in total. The Morgan fingerprint density at radius 1 is 1.07 bits per heavy atom. The molecule has 0 aliphatic carbocycles. The maximum atomic E-state index is 12.6. The second-order valence-electron chi connectivity index (χ2n) is 6.72. The quantitative estimate of drug-likeness (QED) is 0.664. The molecule has 0 unspecified atom stereocenters. The van der Waals surface area contributed by atoms with Crippen LogP contribution in [0.4, 0.5) is 0 Å². The number of piperazine rings is 1. The Morgan fingerprint density at radius 2 is 1.78 bits per heavy atom. The number of hydrogen-bond acceptors (Lipinski definition) is 5. The van der Waals surface area contributed by atoms with Gasteiger partial charge in [0.15, 0.2) is 0 Å². The number of amides is 2. The summed E-state index contributed by atoms with van der Waals surface area (Å²) in [6, 6.07) is 7.55. The number of nitrogens with one attached hydrogen (secondary N) is 2. The summed E-state index contributed by atoms with van der Waals surface area (Å²) in [5.41, 5.74) is 0.659. The van der Waals surface area contributed by atoms with Gasteiger partial charge in [0.25, 0.3) is 5.91 Å². The van der Waals surface area contributed by atoms with Crippen LogP contribution in [0.5, 0.6) is 0 Å². The van der Waals surface area contributed by atoms with Crippen molar-refractivity contribution in [2.75, 3.05) is 58.1 Å². The van der Waals surface area contributed by atoms with Crippen molar-refractivity contribution in [2.45, 2.75) is 17.7 Å². The van der Waals surface area contributed by atoms with Crippen LogP contribution < -0.4 is 10.6 Å². The number of nitrogens with zero attached hydrogens (tertiary/aromatic N) is 2. The van der Waals surface area contributed by atoms with Gasteiger partial charge >= 0.3 is 0 Å². The van der Waals surface area contributed by atoms with Crippen LogP contribution >= 0.6 is 24.2 Å². The molecule has 2 fully saturated rings. The zero-order valence-corrected chi connectivity index (χ0v) is 17.2. The molecule has 0 radical (unpaired) electrons. The summed E-state index contributed by atoms with van der Waals surface area (Å²) in [5, 5.41) is 6.35. The highest BCUT2D eigenvalue weighted by Gasteiger charge is 2.19. The lowest BCUT2D eigenvalue weighted by Gasteiger charge is -2.27. The molecule has 0 aromatic heterocycles. The number of carbonyl (C=O) groups is 2. The Bertz CT molecular complexity index is 619. The van der Waals surface area contributed by atoms with Crippen LogP contribution in [0.25, 0.3) is 0 Å². The van der Waals surface area contributed by atoms with Crippen LogP contribution in [0.2, 0.25) is 0 Å². The van der Waals surface area contributed by atoms with Crippen molar-refractivity contribution in [1.29, 1.82) is 0 Å². The van der Waals surface area contributed by atoms with Crippen molar-refractivity contribution < 1.29 is 9.59 Å². The van der Waals surface area contributed by atoms with E-state index in [4.69, 9.17) is 0 Å². The molecule has 2 saturated heterocycles. The van der Waals surface area contributed by atoms with E-state index in [1.54, 1.807) is 0 Å². The van der Waals surface area contributed by atoms with Gasteiger partial charge in [-0.05, 0) is 25.0 Å². The fourth-order valence-electron chi connectivity index (χ4n) is 3.33. The topological polar surface area (TPSA) is 64.7 Å². The van der Waals surface area contributed by atoms with Crippen LogP contribution in [-0.2, 0) is 4.79 Å². The molecular formula is C19H29ClN4O2S. The van der Waals surface area contributed by atoms with Gasteiger partial charge in [-0.15, -0.1) is 24.2 Å². The molecule has 2 amide bonds. The molecule has 0 spiro atoms. The minimum Gasteiger partial charge on any atom is -0.351 e. The maximum absolute atomic E-state index is 12.6. The van der Waals surface area contributed by atoms with Crippen molar-refractivity contribution >= 4 is 36.0 Å². The van der Waals surface area contributed by atoms with Gasteiger partial charge in [-0.25, -0.2) is 0 Å². The van der Waals surface area contributed by atoms with Gasteiger partial charge in [0.2, 0.25) is 5.91 Å². The van der Waals surface area contributed by atoms with Crippen LogP contribution in [0.1, 0.15) is 23.2 Å². The molecule has 8 heteroatoms. The van der Waals surface area contributed by atoms with Gasteiger partial charge in [-0.1, -0.05) is 12.1 Å². The van der Waals surface area contributed by atoms with Crippen molar-refractivity contribution in [3.63, 3.8) is 0 Å². The minimum atomic E-state index is -0.0585. The van der Waals surface area contributed by atoms with Gasteiger partial charge in [0, 0.05) is 57.3 Å². The second kappa shape index (κ2) is 11.5. The van der Waals surface area contributed by atoms with E-state index in [0.29, 0.717) is 17.9 Å². The van der Waals surface area contributed by atoms with E-state index in [0.717, 1.165) is 63.6 Å². The van der Waals surface area contributed by atoms with E-state index >= 15 is 0 Å². The van der Waals surface area contributed by atoms with Crippen molar-refractivity contribution in [3.8, 4) is 0 Å². The number of thioether (sulfide) groups is 1. The van der Waals surface area contributed by atoms with E-state index in [9.17, 15) is 9.59 Å². The first-order chi connectivity index (χ1) is 12.7. The number of rotatable bonds is 7. The SMILES string of the molecule is Cl.O=C(NCCN1CCNCC1)c1ccccc1SCC(=O)N1CCCC1. The summed E-state index contributed by atoms with van der Waals surface area (Å²) < 4.78 is 0. The van der Waals surface area contributed by atoms with Crippen LogP contribution in [0.15, 0.2) is 29.2 Å². The molecule has 0 bridgehead atoms. The lowest BCUT2D eigenvalue weighted by Crippen LogP contribution is -2.46. The largest absolute Gasteiger partial charge is 0.351 e. The summed E-state index contributed by atoms with van der Waals surface area (Å²) in [6.45, 7) is 7.33. The van der Waals surface area contributed by atoms with E-state index in [-0.39, 0.29) is 24.2 Å². The number of halogens is 1. The zero-order valence-electron chi connectivity index (χ0n) is 15.6. The molecule has 3 rings (SSSR count). The Morgan fingerprint density at radius 3 is 2.52 bits per heavy atom. The van der Waals surface area contributed by atoms with Crippen molar-refractivity contribution in [2.24, 2.45) is 0 Å². The third kappa shape index (κ3) is 6.68. The first-order valence-electron chi connectivity index (χ1n) is 9.45. The lowest BCUT2D eigenvalue weighted by molar-refractivity contribution is -0.127. The lowest BCUT2D eigenvalue weighted by atomic mass is 10.2. The predicted octanol–water partition coefficient (Wildman–Crippen LogP) is 1.46. The second-order valence-corrected chi connectivity index (χ2v) is 7.74. The molecule has 150 valence electrons. The molecule has 6 nitrogen and oxygen atoms in total. The summed E-state index contributed by atoms with van der Waals surface area (Å²) in [4.78, 5) is 29.9. The van der Waals surface area contributed by atoms with E-state index in [1.165, 1.54) is 11.8 Å². The molecule has 2 heterocycles. The highest BCUT2D eigenvalue weighted by Crippen LogP contribution is 2.23. The summed E-state index contributed by atoms with van der Waals surface area (Å²) >= 11 is 1.46. The molecule has 2 aliphatic heterocycles. The van der Waals surface area contributed by atoms with E-state index in [1.807, 2.05) is 29.2 Å². The fraction of sp³-hybridized carbons (Fsp3) is 0.579. The first kappa shape index (κ1) is 22.0. The smallest absolute Gasteiger partial charge is 0.252 e. The maximum Gasteiger partial charge on any atom is 0.252 e. The first-order valence-corrected chi connectivity index (χ1v) is 10.4. The van der Waals surface area contributed by atoms with Crippen LogP contribution in [-0.4, -0.2) is 79.7 Å². The van der Waals surface area contributed by atoms with E-state index < -0.39 is 0 Å². The number of hydrogen-bond donors (Lipinski definition) is 2. The van der Waals surface area contributed by atoms with Crippen LogP contribution in [0, 0.1) is 0 Å². The molecule has 0 atom stereocenters. The standard InChI is InChI=1S/C19H28N4O2S.ClH/c24-18(23-10-3-4-11-23)15-26-17-6-2-1-5-16(17)19(25)21-9-14-22-12-7-20-8-13-22;/h1-2,5-6,20H,3-4,7-15H2,(H,21,25);1H. The molecular weight excluding hydrogens is 384 g/mol. The van der Waals surface area contributed by atoms with E-state index in [2.05, 4.69) is 15.5 Å². The third-order valence-corrected chi connectivity index (χ3v) is 5.92. The number of benzene rings is 1. The Balaban J connectivity index is 0.00000261. The van der Waals surface area contributed by atoms with Gasteiger partial charge in [0.05, 0.1) is 11.3 Å². The van der Waals surface area contributed by atoms with Gasteiger partial charge in [-0.2, -0.15) is 0 Å². The highest BCUT2D eigenvalue weighted by atomic mass is 35.5. The molecule has 2 aliphatic rings. The summed E-state index contributed by atoms with van der Waals surface area (Å²) in [7, 11) is 0. The van der Waals surface area contributed by atoms with Crippen LogP contribution in [0.3, 0.4) is 0 Å². The molecule has 0 saturated carbocycles. The fourth-order valence-corrected chi connectivity index (χ4v) is 4.29. The number of likely N-dealkylation sites (tertiary alicyclic amines) is 1. The van der Waals surface area contributed by atoms with Gasteiger partial charge < -0.3 is 15.5 Å². The minimum absolute atomic E-state index is 0. The zero-order chi connectivity index (χ0) is 18.2. The molecule has 1 aromatic carbocycles. The van der Waals surface area contributed by atoms with Gasteiger partial charge in [0.1, 0.15) is 0 Å². The summed E-state index contributed by atoms with van der Waals surface area (Å²) in [5.74, 6) is 0.503. The number of carbonyl (C=O) groups excluding carboxylic acids is 2. The Hall–Kier alpha value is -1.28. The normalized spacial score (nSPS) is 17.4.